The van der Waals surface area contributed by atoms with Crippen LogP contribution in [0.25, 0.3) is 0 Å². The standard InChI is InChI=1S/C17H22N2O/c20-17(15-9-11-4-5-12(15)8-11)19-16-3-1-2-13-10-18-7-6-14(13)16/h1-3,11-12,15,18H,4-10H2,(H,19,20). The van der Waals surface area contributed by atoms with Gasteiger partial charge in [-0.3, -0.25) is 4.79 Å². The Morgan fingerprint density at radius 3 is 3.00 bits per heavy atom. The number of amides is 1. The average molecular weight is 270 g/mol. The van der Waals surface area contributed by atoms with Gasteiger partial charge in [0.05, 0.1) is 0 Å². The van der Waals surface area contributed by atoms with Crippen LogP contribution in [0.3, 0.4) is 0 Å². The van der Waals surface area contributed by atoms with E-state index in [1.54, 1.807) is 0 Å². The molecule has 1 heterocycles. The Morgan fingerprint density at radius 1 is 1.25 bits per heavy atom. The summed E-state index contributed by atoms with van der Waals surface area (Å²) in [6.07, 6.45) is 6.03. The van der Waals surface area contributed by atoms with Crippen molar-refractivity contribution in [2.45, 2.75) is 38.6 Å². The lowest BCUT2D eigenvalue weighted by atomic mass is 9.88. The highest BCUT2D eigenvalue weighted by Crippen LogP contribution is 2.48. The first-order valence-corrected chi connectivity index (χ1v) is 7.93. The van der Waals surface area contributed by atoms with Gasteiger partial charge in [-0.15, -0.1) is 0 Å². The van der Waals surface area contributed by atoms with Crippen molar-refractivity contribution in [2.24, 2.45) is 17.8 Å². The van der Waals surface area contributed by atoms with Crippen LogP contribution in [0, 0.1) is 17.8 Å². The van der Waals surface area contributed by atoms with Crippen molar-refractivity contribution in [3.8, 4) is 0 Å². The lowest BCUT2D eigenvalue weighted by Gasteiger charge is -2.24. The zero-order chi connectivity index (χ0) is 13.5. The van der Waals surface area contributed by atoms with Crippen LogP contribution in [-0.4, -0.2) is 12.5 Å². The molecule has 20 heavy (non-hydrogen) atoms. The minimum atomic E-state index is 0.268. The lowest BCUT2D eigenvalue weighted by molar-refractivity contribution is -0.121. The van der Waals surface area contributed by atoms with Crippen LogP contribution in [0.2, 0.25) is 0 Å². The molecule has 1 aromatic carbocycles. The summed E-state index contributed by atoms with van der Waals surface area (Å²) in [6, 6.07) is 6.28. The SMILES string of the molecule is O=C(Nc1cccc2c1CCNC2)C1CC2CCC1C2. The van der Waals surface area contributed by atoms with Crippen molar-refractivity contribution in [3.05, 3.63) is 29.3 Å². The van der Waals surface area contributed by atoms with E-state index >= 15 is 0 Å². The van der Waals surface area contributed by atoms with Gasteiger partial charge in [-0.05, 0) is 61.3 Å². The maximum Gasteiger partial charge on any atom is 0.227 e. The minimum Gasteiger partial charge on any atom is -0.326 e. The van der Waals surface area contributed by atoms with Gasteiger partial charge in [-0.25, -0.2) is 0 Å². The molecule has 3 unspecified atom stereocenters. The van der Waals surface area contributed by atoms with E-state index in [-0.39, 0.29) is 11.8 Å². The number of fused-ring (bicyclic) bond motifs is 3. The van der Waals surface area contributed by atoms with E-state index in [0.29, 0.717) is 5.92 Å². The van der Waals surface area contributed by atoms with Crippen molar-refractivity contribution in [2.75, 3.05) is 11.9 Å². The summed E-state index contributed by atoms with van der Waals surface area (Å²) in [7, 11) is 0. The number of anilines is 1. The number of nitrogens with one attached hydrogen (secondary N) is 2. The maximum atomic E-state index is 12.6. The number of benzene rings is 1. The lowest BCUT2D eigenvalue weighted by Crippen LogP contribution is -2.29. The zero-order valence-electron chi connectivity index (χ0n) is 11.8. The molecular weight excluding hydrogens is 248 g/mol. The summed E-state index contributed by atoms with van der Waals surface area (Å²) < 4.78 is 0. The molecule has 1 aromatic rings. The van der Waals surface area contributed by atoms with Gasteiger partial charge in [0.1, 0.15) is 0 Å². The molecule has 3 atom stereocenters. The maximum absolute atomic E-state index is 12.6. The highest BCUT2D eigenvalue weighted by Gasteiger charge is 2.43. The normalized spacial score (nSPS) is 31.1. The van der Waals surface area contributed by atoms with E-state index in [0.717, 1.165) is 37.5 Å². The molecular formula is C17H22N2O. The number of rotatable bonds is 2. The van der Waals surface area contributed by atoms with Gasteiger partial charge in [0.15, 0.2) is 0 Å². The first-order chi connectivity index (χ1) is 9.81. The van der Waals surface area contributed by atoms with Crippen molar-refractivity contribution in [3.63, 3.8) is 0 Å². The van der Waals surface area contributed by atoms with E-state index in [2.05, 4.69) is 28.8 Å². The Morgan fingerprint density at radius 2 is 2.20 bits per heavy atom. The molecule has 2 fully saturated rings. The molecule has 0 saturated heterocycles. The van der Waals surface area contributed by atoms with E-state index in [1.807, 2.05) is 0 Å². The predicted molar refractivity (Wildman–Crippen MR) is 79.4 cm³/mol. The Kier molecular flexibility index (Phi) is 3.03. The smallest absolute Gasteiger partial charge is 0.227 e. The number of carbonyl (C=O) groups is 1. The van der Waals surface area contributed by atoms with Crippen molar-refractivity contribution < 1.29 is 4.79 Å². The zero-order valence-corrected chi connectivity index (χ0v) is 11.8. The fourth-order valence-corrected chi connectivity index (χ4v) is 4.44. The number of carbonyl (C=O) groups excluding carboxylic acids is 1. The molecule has 1 amide bonds. The van der Waals surface area contributed by atoms with E-state index in [4.69, 9.17) is 0 Å². The molecule has 0 spiro atoms. The highest BCUT2D eigenvalue weighted by molar-refractivity contribution is 5.94. The fraction of sp³-hybridized carbons (Fsp3) is 0.588. The summed E-state index contributed by atoms with van der Waals surface area (Å²) in [5.74, 6) is 2.02. The first kappa shape index (κ1) is 12.4. The highest BCUT2D eigenvalue weighted by atomic mass is 16.1. The third-order valence-corrected chi connectivity index (χ3v) is 5.47. The second kappa shape index (κ2) is 4.88. The number of hydrogen-bond donors (Lipinski definition) is 2. The number of hydrogen-bond acceptors (Lipinski definition) is 2. The Balaban J connectivity index is 1.53. The van der Waals surface area contributed by atoms with Crippen LogP contribution < -0.4 is 10.6 Å². The molecule has 1 aliphatic heterocycles. The molecule has 2 aliphatic carbocycles. The molecule has 2 bridgehead atoms. The minimum absolute atomic E-state index is 0.268. The molecule has 3 nitrogen and oxygen atoms in total. The van der Waals surface area contributed by atoms with Crippen LogP contribution >= 0.6 is 0 Å². The third kappa shape index (κ3) is 2.05. The summed E-state index contributed by atoms with van der Waals surface area (Å²) in [4.78, 5) is 12.6. The Hall–Kier alpha value is -1.35. The summed E-state index contributed by atoms with van der Waals surface area (Å²) in [5, 5.41) is 6.62. The molecule has 4 rings (SSSR count). The molecule has 3 aliphatic rings. The molecule has 2 N–H and O–H groups in total. The first-order valence-electron chi connectivity index (χ1n) is 7.93. The van der Waals surface area contributed by atoms with Crippen molar-refractivity contribution in [1.82, 2.24) is 5.32 Å². The third-order valence-electron chi connectivity index (χ3n) is 5.47. The van der Waals surface area contributed by atoms with Gasteiger partial charge < -0.3 is 10.6 Å². The van der Waals surface area contributed by atoms with E-state index < -0.39 is 0 Å². The van der Waals surface area contributed by atoms with Gasteiger partial charge in [0, 0.05) is 18.2 Å². The van der Waals surface area contributed by atoms with Crippen LogP contribution in [-0.2, 0) is 17.8 Å². The summed E-state index contributed by atoms with van der Waals surface area (Å²) in [6.45, 7) is 1.93. The van der Waals surface area contributed by atoms with E-state index in [9.17, 15) is 4.79 Å². The predicted octanol–water partition coefficient (Wildman–Crippen LogP) is 2.71. The monoisotopic (exact) mass is 270 g/mol. The van der Waals surface area contributed by atoms with Gasteiger partial charge in [0.2, 0.25) is 5.91 Å². The van der Waals surface area contributed by atoms with Crippen molar-refractivity contribution in [1.29, 1.82) is 0 Å². The molecule has 0 aromatic heterocycles. The second-order valence-corrected chi connectivity index (χ2v) is 6.64. The fourth-order valence-electron chi connectivity index (χ4n) is 4.44. The molecule has 2 saturated carbocycles. The van der Waals surface area contributed by atoms with Crippen LogP contribution in [0.4, 0.5) is 5.69 Å². The van der Waals surface area contributed by atoms with Gasteiger partial charge in [-0.2, -0.15) is 0 Å². The molecule has 0 radical (unpaired) electrons. The average Bonchev–Trinajstić information content (AvgIpc) is 3.10. The quantitative estimate of drug-likeness (QED) is 0.867. The second-order valence-electron chi connectivity index (χ2n) is 6.64. The van der Waals surface area contributed by atoms with E-state index in [1.165, 1.54) is 30.4 Å². The Labute approximate surface area is 120 Å². The van der Waals surface area contributed by atoms with Gasteiger partial charge in [0.25, 0.3) is 0 Å². The van der Waals surface area contributed by atoms with Gasteiger partial charge in [-0.1, -0.05) is 18.6 Å². The topological polar surface area (TPSA) is 41.1 Å². The summed E-state index contributed by atoms with van der Waals surface area (Å²) in [5.41, 5.74) is 3.72. The van der Waals surface area contributed by atoms with Crippen LogP contribution in [0.15, 0.2) is 18.2 Å². The molecule has 106 valence electrons. The van der Waals surface area contributed by atoms with Crippen LogP contribution in [0.5, 0.6) is 0 Å². The van der Waals surface area contributed by atoms with Crippen LogP contribution in [0.1, 0.15) is 36.8 Å². The Bertz CT molecular complexity index is 540. The van der Waals surface area contributed by atoms with Gasteiger partial charge >= 0.3 is 0 Å². The molecule has 3 heteroatoms. The summed E-state index contributed by atoms with van der Waals surface area (Å²) >= 11 is 0. The van der Waals surface area contributed by atoms with Crippen molar-refractivity contribution >= 4 is 11.6 Å². The largest absolute Gasteiger partial charge is 0.326 e.